The molecule has 3 rings (SSSR count). The lowest BCUT2D eigenvalue weighted by Crippen LogP contribution is -2.27. The first-order chi connectivity index (χ1) is 17.2. The van der Waals surface area contributed by atoms with Crippen molar-refractivity contribution in [3.05, 3.63) is 59.2 Å². The minimum atomic E-state index is -0.617. The molecule has 0 bridgehead atoms. The third-order valence-corrected chi connectivity index (χ3v) is 4.92. The lowest BCUT2D eigenvalue weighted by molar-refractivity contribution is 0.0624. The second kappa shape index (κ2) is 11.0. The van der Waals surface area contributed by atoms with Crippen molar-refractivity contribution in [3.8, 4) is 11.3 Å². The normalized spacial score (nSPS) is 11.5. The summed E-state index contributed by atoms with van der Waals surface area (Å²) in [5.74, 6) is 0.304. The van der Waals surface area contributed by atoms with Gasteiger partial charge in [-0.1, -0.05) is 23.7 Å². The molecule has 0 spiro atoms. The Labute approximate surface area is 222 Å². The standard InChI is InChI=1S/C27H32ClN5O4/c1-16-11-12-19(32-25(35)37-27(5,6)7)14-20(16)22-21(28)15-29-23(33-22)30-17-9-8-10-18(13-17)31-24(34)36-26(2,3)4/h8-15H,1-7H3,(H,31,34)(H,32,35)(H,29,30,33). The number of halogens is 1. The summed E-state index contributed by atoms with van der Waals surface area (Å²) in [6.45, 7) is 12.7. The van der Waals surface area contributed by atoms with Gasteiger partial charge in [0.25, 0.3) is 0 Å². The fraction of sp³-hybridized carbons (Fsp3) is 0.333. The molecule has 0 radical (unpaired) electrons. The fourth-order valence-corrected chi connectivity index (χ4v) is 3.41. The van der Waals surface area contributed by atoms with Crippen LogP contribution in [0.2, 0.25) is 5.02 Å². The van der Waals surface area contributed by atoms with Crippen LogP contribution in [-0.4, -0.2) is 33.4 Å². The smallest absolute Gasteiger partial charge is 0.412 e. The average molecular weight is 526 g/mol. The van der Waals surface area contributed by atoms with Crippen LogP contribution < -0.4 is 16.0 Å². The summed E-state index contributed by atoms with van der Waals surface area (Å²) >= 11 is 6.46. The maximum absolute atomic E-state index is 12.2. The van der Waals surface area contributed by atoms with Crippen LogP contribution >= 0.6 is 11.6 Å². The third kappa shape index (κ3) is 8.64. The number of aryl methyl sites for hydroxylation is 1. The molecular weight excluding hydrogens is 494 g/mol. The van der Waals surface area contributed by atoms with E-state index in [2.05, 4.69) is 25.9 Å². The maximum Gasteiger partial charge on any atom is 0.412 e. The van der Waals surface area contributed by atoms with Crippen molar-refractivity contribution in [2.75, 3.05) is 16.0 Å². The number of rotatable bonds is 5. The quantitative estimate of drug-likeness (QED) is 0.315. The molecule has 1 aromatic heterocycles. The molecule has 1 heterocycles. The molecule has 196 valence electrons. The second-order valence-electron chi connectivity index (χ2n) is 10.4. The molecule has 2 amide bonds. The van der Waals surface area contributed by atoms with Crippen molar-refractivity contribution in [1.82, 2.24) is 9.97 Å². The summed E-state index contributed by atoms with van der Waals surface area (Å²) in [4.78, 5) is 33.2. The van der Waals surface area contributed by atoms with Gasteiger partial charge in [-0.05, 0) is 84.4 Å². The fourth-order valence-electron chi connectivity index (χ4n) is 3.22. The first-order valence-electron chi connectivity index (χ1n) is 11.7. The number of hydrogen-bond acceptors (Lipinski definition) is 7. The summed E-state index contributed by atoms with van der Waals surface area (Å²) in [6, 6.07) is 12.5. The number of aromatic nitrogens is 2. The highest BCUT2D eigenvalue weighted by molar-refractivity contribution is 6.33. The average Bonchev–Trinajstić information content (AvgIpc) is 2.74. The molecule has 9 nitrogen and oxygen atoms in total. The van der Waals surface area contributed by atoms with Crippen molar-refractivity contribution < 1.29 is 19.1 Å². The molecular formula is C27H32ClN5O4. The van der Waals surface area contributed by atoms with Crippen LogP contribution in [0.1, 0.15) is 47.1 Å². The Morgan fingerprint density at radius 1 is 0.838 bits per heavy atom. The molecule has 3 N–H and O–H groups in total. The Morgan fingerprint density at radius 3 is 2.00 bits per heavy atom. The number of amides is 2. The Hall–Kier alpha value is -3.85. The van der Waals surface area contributed by atoms with Crippen molar-refractivity contribution in [2.24, 2.45) is 0 Å². The number of carbonyl (C=O) groups excluding carboxylic acids is 2. The molecule has 0 saturated carbocycles. The number of hydrogen-bond donors (Lipinski definition) is 3. The van der Waals surface area contributed by atoms with Gasteiger partial charge in [-0.3, -0.25) is 10.6 Å². The van der Waals surface area contributed by atoms with Gasteiger partial charge in [-0.2, -0.15) is 0 Å². The van der Waals surface area contributed by atoms with Gasteiger partial charge in [0.1, 0.15) is 11.2 Å². The van der Waals surface area contributed by atoms with E-state index < -0.39 is 23.4 Å². The van der Waals surface area contributed by atoms with E-state index in [9.17, 15) is 9.59 Å². The monoisotopic (exact) mass is 525 g/mol. The van der Waals surface area contributed by atoms with Gasteiger partial charge in [0, 0.05) is 22.6 Å². The van der Waals surface area contributed by atoms with E-state index in [4.69, 9.17) is 21.1 Å². The van der Waals surface area contributed by atoms with Crippen molar-refractivity contribution >= 4 is 46.8 Å². The van der Waals surface area contributed by atoms with Gasteiger partial charge >= 0.3 is 12.2 Å². The van der Waals surface area contributed by atoms with Gasteiger partial charge in [0.15, 0.2) is 0 Å². The highest BCUT2D eigenvalue weighted by Gasteiger charge is 2.18. The van der Waals surface area contributed by atoms with E-state index in [1.165, 1.54) is 6.20 Å². The topological polar surface area (TPSA) is 114 Å². The highest BCUT2D eigenvalue weighted by Crippen LogP contribution is 2.32. The van der Waals surface area contributed by atoms with Crippen LogP contribution in [-0.2, 0) is 9.47 Å². The molecule has 3 aromatic rings. The summed E-state index contributed by atoms with van der Waals surface area (Å²) < 4.78 is 10.6. The van der Waals surface area contributed by atoms with E-state index in [1.807, 2.05) is 19.1 Å². The largest absolute Gasteiger partial charge is 0.444 e. The molecule has 0 unspecified atom stereocenters. The zero-order valence-electron chi connectivity index (χ0n) is 22.0. The van der Waals surface area contributed by atoms with Gasteiger partial charge in [0.05, 0.1) is 16.9 Å². The first-order valence-corrected chi connectivity index (χ1v) is 12.1. The Morgan fingerprint density at radius 2 is 1.41 bits per heavy atom. The first kappa shape index (κ1) is 27.7. The molecule has 0 aliphatic carbocycles. The Bertz CT molecular complexity index is 1300. The predicted molar refractivity (Wildman–Crippen MR) is 147 cm³/mol. The molecule has 0 fully saturated rings. The molecule has 37 heavy (non-hydrogen) atoms. The van der Waals surface area contributed by atoms with Crippen LogP contribution in [0.4, 0.5) is 32.6 Å². The molecule has 0 aliphatic rings. The summed E-state index contributed by atoms with van der Waals surface area (Å²) in [5.41, 5.74) is 2.64. The van der Waals surface area contributed by atoms with Crippen molar-refractivity contribution in [1.29, 1.82) is 0 Å². The maximum atomic E-state index is 12.2. The van der Waals surface area contributed by atoms with E-state index >= 15 is 0 Å². The zero-order valence-corrected chi connectivity index (χ0v) is 22.8. The van der Waals surface area contributed by atoms with Crippen LogP contribution in [0.5, 0.6) is 0 Å². The Kier molecular flexibility index (Phi) is 8.28. The minimum absolute atomic E-state index is 0.304. The number of anilines is 4. The second-order valence-corrected chi connectivity index (χ2v) is 10.8. The van der Waals surface area contributed by atoms with Crippen LogP contribution in [0.3, 0.4) is 0 Å². The van der Waals surface area contributed by atoms with Crippen molar-refractivity contribution in [2.45, 2.75) is 59.7 Å². The van der Waals surface area contributed by atoms with Crippen LogP contribution in [0, 0.1) is 6.92 Å². The number of nitrogens with one attached hydrogen (secondary N) is 3. The van der Waals surface area contributed by atoms with Gasteiger partial charge < -0.3 is 14.8 Å². The number of benzene rings is 2. The van der Waals surface area contributed by atoms with Gasteiger partial charge in [-0.15, -0.1) is 0 Å². The molecule has 0 atom stereocenters. The number of ether oxygens (including phenoxy) is 2. The van der Waals surface area contributed by atoms with Crippen LogP contribution in [0.25, 0.3) is 11.3 Å². The Balaban J connectivity index is 1.81. The predicted octanol–water partition coefficient (Wildman–Crippen LogP) is 7.54. The highest BCUT2D eigenvalue weighted by atomic mass is 35.5. The summed E-state index contributed by atoms with van der Waals surface area (Å²) in [5, 5.41) is 8.93. The van der Waals surface area contributed by atoms with Crippen molar-refractivity contribution in [3.63, 3.8) is 0 Å². The summed E-state index contributed by atoms with van der Waals surface area (Å²) in [7, 11) is 0. The van der Waals surface area contributed by atoms with Gasteiger partial charge in [-0.25, -0.2) is 19.6 Å². The van der Waals surface area contributed by atoms with Gasteiger partial charge in [0.2, 0.25) is 5.95 Å². The van der Waals surface area contributed by atoms with E-state index in [0.717, 1.165) is 11.1 Å². The lowest BCUT2D eigenvalue weighted by atomic mass is 10.0. The molecule has 2 aromatic carbocycles. The number of nitrogens with zero attached hydrogens (tertiary/aromatic N) is 2. The number of carbonyl (C=O) groups is 2. The summed E-state index contributed by atoms with van der Waals surface area (Å²) in [6.07, 6.45) is 0.394. The van der Waals surface area contributed by atoms with Crippen LogP contribution in [0.15, 0.2) is 48.7 Å². The molecule has 0 saturated heterocycles. The SMILES string of the molecule is Cc1ccc(NC(=O)OC(C)(C)C)cc1-c1nc(Nc2cccc(NC(=O)OC(C)(C)C)c2)ncc1Cl. The van der Waals surface area contributed by atoms with E-state index in [1.54, 1.807) is 71.9 Å². The van der Waals surface area contributed by atoms with E-state index in [0.29, 0.717) is 33.7 Å². The lowest BCUT2D eigenvalue weighted by Gasteiger charge is -2.20. The molecule has 10 heteroatoms. The minimum Gasteiger partial charge on any atom is -0.444 e. The van der Waals surface area contributed by atoms with E-state index in [-0.39, 0.29) is 0 Å². The molecule has 0 aliphatic heterocycles. The third-order valence-electron chi connectivity index (χ3n) is 4.65. The zero-order chi connectivity index (χ0) is 27.4.